The Bertz CT molecular complexity index is 578. The summed E-state index contributed by atoms with van der Waals surface area (Å²) in [6.45, 7) is 5.01. The monoisotopic (exact) mass is 340 g/mol. The van der Waals surface area contributed by atoms with Crippen molar-refractivity contribution in [3.05, 3.63) is 35.4 Å². The molecule has 1 fully saturated rings. The third kappa shape index (κ3) is 4.30. The molecule has 1 unspecified atom stereocenters. The van der Waals surface area contributed by atoms with E-state index in [9.17, 15) is 18.7 Å². The second-order valence-corrected chi connectivity index (χ2v) is 6.50. The Kier molecular flexibility index (Phi) is 6.29. The number of aliphatic hydroxyl groups is 1. The van der Waals surface area contributed by atoms with Crippen LogP contribution in [0.2, 0.25) is 0 Å². The molecule has 0 aromatic heterocycles. The van der Waals surface area contributed by atoms with Crippen molar-refractivity contribution in [3.8, 4) is 0 Å². The quantitative estimate of drug-likeness (QED) is 0.802. The average Bonchev–Trinajstić information content (AvgIpc) is 2.56. The molecule has 2 rings (SSSR count). The number of piperidine rings is 1. The summed E-state index contributed by atoms with van der Waals surface area (Å²) in [5.41, 5.74) is -0.918. The van der Waals surface area contributed by atoms with E-state index in [2.05, 4.69) is 19.2 Å². The second kappa shape index (κ2) is 8.03. The maximum absolute atomic E-state index is 13.3. The number of benzene rings is 1. The van der Waals surface area contributed by atoms with Crippen LogP contribution < -0.4 is 5.32 Å². The first-order chi connectivity index (χ1) is 11.4. The molecule has 0 aliphatic carbocycles. The highest BCUT2D eigenvalue weighted by atomic mass is 19.2. The van der Waals surface area contributed by atoms with Gasteiger partial charge in [0.2, 0.25) is 0 Å². The van der Waals surface area contributed by atoms with Gasteiger partial charge in [-0.15, -0.1) is 0 Å². The van der Waals surface area contributed by atoms with Crippen LogP contribution in [0.15, 0.2) is 18.2 Å². The molecule has 24 heavy (non-hydrogen) atoms. The summed E-state index contributed by atoms with van der Waals surface area (Å²) in [5, 5.41) is 14.0. The highest BCUT2D eigenvalue weighted by molar-refractivity contribution is 5.86. The van der Waals surface area contributed by atoms with Gasteiger partial charge in [-0.3, -0.25) is 4.79 Å². The molecule has 1 saturated heterocycles. The Labute approximate surface area is 141 Å². The molecule has 1 aliphatic rings. The number of hydrogen-bond donors (Lipinski definition) is 2. The van der Waals surface area contributed by atoms with Crippen LogP contribution >= 0.6 is 0 Å². The number of carbonyl (C=O) groups excluding carboxylic acids is 1. The maximum Gasteiger partial charge on any atom is 0.256 e. The number of amides is 1. The lowest BCUT2D eigenvalue weighted by atomic mass is 9.90. The fraction of sp³-hybridized carbons (Fsp3) is 0.611. The fourth-order valence-corrected chi connectivity index (χ4v) is 3.13. The molecule has 0 saturated carbocycles. The smallest absolute Gasteiger partial charge is 0.256 e. The van der Waals surface area contributed by atoms with Gasteiger partial charge in [-0.05, 0) is 43.4 Å². The van der Waals surface area contributed by atoms with Crippen molar-refractivity contribution >= 4 is 5.91 Å². The largest absolute Gasteiger partial charge is 0.379 e. The van der Waals surface area contributed by atoms with Crippen LogP contribution in [-0.4, -0.2) is 40.6 Å². The minimum absolute atomic E-state index is 0.170. The van der Waals surface area contributed by atoms with Gasteiger partial charge in [0.05, 0.1) is 0 Å². The lowest BCUT2D eigenvalue weighted by Gasteiger charge is -2.39. The highest BCUT2D eigenvalue weighted by Crippen LogP contribution is 2.24. The predicted octanol–water partition coefficient (Wildman–Crippen LogP) is 2.60. The van der Waals surface area contributed by atoms with Gasteiger partial charge in [0.15, 0.2) is 17.2 Å². The zero-order chi connectivity index (χ0) is 17.7. The first-order valence-electron chi connectivity index (χ1n) is 8.58. The zero-order valence-electron chi connectivity index (χ0n) is 14.3. The Morgan fingerprint density at radius 1 is 1.29 bits per heavy atom. The van der Waals surface area contributed by atoms with Gasteiger partial charge in [-0.1, -0.05) is 19.9 Å². The van der Waals surface area contributed by atoms with Gasteiger partial charge in [0.1, 0.15) is 0 Å². The number of hydrogen-bond acceptors (Lipinski definition) is 3. The molecule has 6 heteroatoms. The van der Waals surface area contributed by atoms with Gasteiger partial charge >= 0.3 is 0 Å². The lowest BCUT2D eigenvalue weighted by Crippen LogP contribution is -2.58. The number of nitrogens with one attached hydrogen (secondary N) is 1. The fourth-order valence-electron chi connectivity index (χ4n) is 3.13. The van der Waals surface area contributed by atoms with Crippen molar-refractivity contribution in [1.29, 1.82) is 0 Å². The van der Waals surface area contributed by atoms with Gasteiger partial charge in [0, 0.05) is 25.7 Å². The summed E-state index contributed by atoms with van der Waals surface area (Å²) < 4.78 is 26.3. The van der Waals surface area contributed by atoms with E-state index in [1.54, 1.807) is 0 Å². The summed E-state index contributed by atoms with van der Waals surface area (Å²) in [7, 11) is 0. The number of likely N-dealkylation sites (tertiary alicyclic amines) is 1. The minimum atomic E-state index is -1.43. The lowest BCUT2D eigenvalue weighted by molar-refractivity contribution is -0.157. The molecular weight excluding hydrogens is 314 g/mol. The Balaban J connectivity index is 2.04. The van der Waals surface area contributed by atoms with Gasteiger partial charge in [-0.25, -0.2) is 8.78 Å². The molecule has 0 radical (unpaired) electrons. The van der Waals surface area contributed by atoms with E-state index in [1.165, 1.54) is 11.0 Å². The molecule has 1 atom stereocenters. The van der Waals surface area contributed by atoms with E-state index in [1.807, 2.05) is 0 Å². The summed E-state index contributed by atoms with van der Waals surface area (Å²) in [6.07, 6.45) is 2.95. The van der Waals surface area contributed by atoms with Crippen molar-refractivity contribution in [1.82, 2.24) is 10.2 Å². The first-order valence-corrected chi connectivity index (χ1v) is 8.58. The van der Waals surface area contributed by atoms with Crippen molar-refractivity contribution in [2.45, 2.75) is 57.7 Å². The second-order valence-electron chi connectivity index (χ2n) is 6.50. The zero-order valence-corrected chi connectivity index (χ0v) is 14.3. The van der Waals surface area contributed by atoms with Gasteiger partial charge in [-0.2, -0.15) is 0 Å². The van der Waals surface area contributed by atoms with Crippen LogP contribution in [0.3, 0.4) is 0 Å². The molecule has 1 aromatic carbocycles. The molecule has 1 heterocycles. The van der Waals surface area contributed by atoms with E-state index in [0.29, 0.717) is 24.9 Å². The van der Waals surface area contributed by atoms with Crippen molar-refractivity contribution in [2.24, 2.45) is 0 Å². The number of nitrogens with zero attached hydrogens (tertiary/aromatic N) is 1. The summed E-state index contributed by atoms with van der Waals surface area (Å²) >= 11 is 0. The maximum atomic E-state index is 13.3. The first kappa shape index (κ1) is 18.8. The summed E-state index contributed by atoms with van der Waals surface area (Å²) in [6, 6.07) is 3.88. The van der Waals surface area contributed by atoms with E-state index < -0.39 is 17.2 Å². The molecule has 134 valence electrons. The Morgan fingerprint density at radius 3 is 2.62 bits per heavy atom. The van der Waals surface area contributed by atoms with Crippen LogP contribution in [-0.2, 0) is 11.3 Å². The minimum Gasteiger partial charge on any atom is -0.379 e. The highest BCUT2D eigenvalue weighted by Gasteiger charge is 2.42. The van der Waals surface area contributed by atoms with Crippen molar-refractivity contribution in [2.75, 3.05) is 13.1 Å². The SMILES string of the molecule is CCC(CC)NCC1(O)CCCN(Cc2ccc(F)c(F)c2)C1=O. The number of carbonyl (C=O) groups is 1. The summed E-state index contributed by atoms with van der Waals surface area (Å²) in [4.78, 5) is 14.2. The molecule has 1 aromatic rings. The van der Waals surface area contributed by atoms with Gasteiger partial charge in [0.25, 0.3) is 5.91 Å². The molecule has 0 spiro atoms. The molecule has 1 amide bonds. The third-order valence-corrected chi connectivity index (χ3v) is 4.73. The molecule has 2 N–H and O–H groups in total. The Hall–Kier alpha value is -1.53. The average molecular weight is 340 g/mol. The van der Waals surface area contributed by atoms with E-state index in [-0.39, 0.29) is 25.0 Å². The van der Waals surface area contributed by atoms with Crippen LogP contribution in [0, 0.1) is 11.6 Å². The van der Waals surface area contributed by atoms with Crippen LogP contribution in [0.1, 0.15) is 45.1 Å². The van der Waals surface area contributed by atoms with Gasteiger partial charge < -0.3 is 15.3 Å². The van der Waals surface area contributed by atoms with Crippen molar-refractivity contribution in [3.63, 3.8) is 0 Å². The molecule has 1 aliphatic heterocycles. The number of halogens is 2. The number of rotatable bonds is 7. The van der Waals surface area contributed by atoms with Crippen LogP contribution in [0.4, 0.5) is 8.78 Å². The third-order valence-electron chi connectivity index (χ3n) is 4.73. The molecule has 4 nitrogen and oxygen atoms in total. The standard InChI is InChI=1S/C18H26F2N2O2/c1-3-14(4-2)21-12-18(24)8-5-9-22(17(18)23)11-13-6-7-15(19)16(20)10-13/h6-7,10,14,21,24H,3-5,8-9,11-12H2,1-2H3. The van der Waals surface area contributed by atoms with Crippen LogP contribution in [0.25, 0.3) is 0 Å². The predicted molar refractivity (Wildman–Crippen MR) is 88.3 cm³/mol. The van der Waals surface area contributed by atoms with E-state index in [0.717, 1.165) is 25.0 Å². The normalized spacial score (nSPS) is 21.6. The van der Waals surface area contributed by atoms with E-state index in [4.69, 9.17) is 0 Å². The molecule has 0 bridgehead atoms. The van der Waals surface area contributed by atoms with E-state index >= 15 is 0 Å². The van der Waals surface area contributed by atoms with Crippen molar-refractivity contribution < 1.29 is 18.7 Å². The molecular formula is C18H26F2N2O2. The Morgan fingerprint density at radius 2 is 2.00 bits per heavy atom. The summed E-state index contributed by atoms with van der Waals surface area (Å²) in [5.74, 6) is -2.19. The van der Waals surface area contributed by atoms with Crippen LogP contribution in [0.5, 0.6) is 0 Å². The topological polar surface area (TPSA) is 52.6 Å².